The van der Waals surface area contributed by atoms with Gasteiger partial charge in [-0.05, 0) is 18.4 Å². The van der Waals surface area contributed by atoms with Crippen LogP contribution in [0, 0.1) is 5.92 Å². The molecular weight excluding hydrogens is 148 g/mol. The van der Waals surface area contributed by atoms with Crippen molar-refractivity contribution in [3.8, 4) is 0 Å². The third-order valence-electron chi connectivity index (χ3n) is 1.96. The molecule has 1 nitrogen and oxygen atoms in total. The molecule has 1 aromatic rings. The zero-order valence-corrected chi connectivity index (χ0v) is 7.36. The average Bonchev–Trinajstić information content (AvgIpc) is 2.16. The SMILES string of the molecule is C[C@H](C=O)CCc1ccccc1. The molecule has 0 fully saturated rings. The van der Waals surface area contributed by atoms with Crippen molar-refractivity contribution in [2.45, 2.75) is 19.8 Å². The van der Waals surface area contributed by atoms with Gasteiger partial charge in [0.25, 0.3) is 0 Å². The second kappa shape index (κ2) is 4.70. The van der Waals surface area contributed by atoms with E-state index in [4.69, 9.17) is 0 Å². The highest BCUT2D eigenvalue weighted by molar-refractivity contribution is 5.52. The lowest BCUT2D eigenvalue weighted by Gasteiger charge is -2.02. The molecule has 0 aliphatic rings. The van der Waals surface area contributed by atoms with Crippen molar-refractivity contribution >= 4 is 6.29 Å². The predicted octanol–water partition coefficient (Wildman–Crippen LogP) is 2.45. The first-order valence-electron chi connectivity index (χ1n) is 4.32. The summed E-state index contributed by atoms with van der Waals surface area (Å²) in [5, 5.41) is 0. The molecule has 64 valence electrons. The quantitative estimate of drug-likeness (QED) is 0.621. The van der Waals surface area contributed by atoms with Crippen molar-refractivity contribution in [3.63, 3.8) is 0 Å². The number of hydrogen-bond acceptors (Lipinski definition) is 1. The summed E-state index contributed by atoms with van der Waals surface area (Å²) in [6.07, 6.45) is 2.97. The number of hydrogen-bond donors (Lipinski definition) is 0. The van der Waals surface area contributed by atoms with Crippen LogP contribution in [0.2, 0.25) is 0 Å². The largest absolute Gasteiger partial charge is 0.303 e. The number of rotatable bonds is 4. The van der Waals surface area contributed by atoms with Crippen molar-refractivity contribution < 1.29 is 4.79 Å². The highest BCUT2D eigenvalue weighted by atomic mass is 16.1. The van der Waals surface area contributed by atoms with Gasteiger partial charge < -0.3 is 4.79 Å². The molecule has 0 spiro atoms. The summed E-state index contributed by atoms with van der Waals surface area (Å²) in [6.45, 7) is 1.95. The van der Waals surface area contributed by atoms with Crippen LogP contribution in [-0.2, 0) is 11.2 Å². The second-order valence-corrected chi connectivity index (χ2v) is 3.14. The van der Waals surface area contributed by atoms with Gasteiger partial charge in [0.05, 0.1) is 0 Å². The Hall–Kier alpha value is -1.11. The summed E-state index contributed by atoms with van der Waals surface area (Å²) in [5.41, 5.74) is 1.31. The summed E-state index contributed by atoms with van der Waals surface area (Å²) >= 11 is 0. The van der Waals surface area contributed by atoms with Crippen molar-refractivity contribution in [1.82, 2.24) is 0 Å². The summed E-state index contributed by atoms with van der Waals surface area (Å²) in [6, 6.07) is 10.3. The lowest BCUT2D eigenvalue weighted by atomic mass is 10.0. The van der Waals surface area contributed by atoms with E-state index >= 15 is 0 Å². The zero-order chi connectivity index (χ0) is 8.81. The van der Waals surface area contributed by atoms with Crippen LogP contribution in [0.15, 0.2) is 30.3 Å². The van der Waals surface area contributed by atoms with Crippen molar-refractivity contribution in [3.05, 3.63) is 35.9 Å². The van der Waals surface area contributed by atoms with Crippen LogP contribution in [0.3, 0.4) is 0 Å². The smallest absolute Gasteiger partial charge is 0.122 e. The molecular formula is C11H14O. The van der Waals surface area contributed by atoms with E-state index in [1.807, 2.05) is 25.1 Å². The van der Waals surface area contributed by atoms with Gasteiger partial charge in [-0.1, -0.05) is 37.3 Å². The number of benzene rings is 1. The molecule has 0 heterocycles. The lowest BCUT2D eigenvalue weighted by molar-refractivity contribution is -0.110. The molecule has 1 aromatic carbocycles. The molecule has 0 saturated heterocycles. The second-order valence-electron chi connectivity index (χ2n) is 3.14. The Morgan fingerprint density at radius 3 is 2.58 bits per heavy atom. The Labute approximate surface area is 73.4 Å². The molecule has 0 aliphatic carbocycles. The first kappa shape index (κ1) is 8.98. The summed E-state index contributed by atoms with van der Waals surface area (Å²) in [4.78, 5) is 10.3. The van der Waals surface area contributed by atoms with Gasteiger partial charge in [-0.25, -0.2) is 0 Å². The van der Waals surface area contributed by atoms with Crippen molar-refractivity contribution in [1.29, 1.82) is 0 Å². The molecule has 12 heavy (non-hydrogen) atoms. The molecule has 0 aliphatic heterocycles. The van der Waals surface area contributed by atoms with Crippen LogP contribution in [0.5, 0.6) is 0 Å². The Bertz CT molecular complexity index is 228. The van der Waals surface area contributed by atoms with E-state index in [-0.39, 0.29) is 5.92 Å². The van der Waals surface area contributed by atoms with Gasteiger partial charge in [-0.15, -0.1) is 0 Å². The minimum atomic E-state index is 0.185. The Kier molecular flexibility index (Phi) is 3.52. The fourth-order valence-electron chi connectivity index (χ4n) is 1.11. The summed E-state index contributed by atoms with van der Waals surface area (Å²) < 4.78 is 0. The molecule has 1 atom stereocenters. The van der Waals surface area contributed by atoms with E-state index in [1.165, 1.54) is 5.56 Å². The van der Waals surface area contributed by atoms with Crippen LogP contribution in [0.4, 0.5) is 0 Å². The van der Waals surface area contributed by atoms with Gasteiger partial charge in [-0.2, -0.15) is 0 Å². The lowest BCUT2D eigenvalue weighted by Crippen LogP contribution is -1.97. The maximum atomic E-state index is 10.3. The summed E-state index contributed by atoms with van der Waals surface area (Å²) in [5.74, 6) is 0.185. The third-order valence-corrected chi connectivity index (χ3v) is 1.96. The van der Waals surface area contributed by atoms with Gasteiger partial charge in [0.15, 0.2) is 0 Å². The monoisotopic (exact) mass is 162 g/mol. The first-order valence-corrected chi connectivity index (χ1v) is 4.32. The maximum Gasteiger partial charge on any atom is 0.122 e. The van der Waals surface area contributed by atoms with E-state index in [1.54, 1.807) is 0 Å². The van der Waals surface area contributed by atoms with Crippen LogP contribution in [-0.4, -0.2) is 6.29 Å². The molecule has 1 heteroatoms. The minimum Gasteiger partial charge on any atom is -0.303 e. The molecule has 0 unspecified atom stereocenters. The normalized spacial score (nSPS) is 12.4. The van der Waals surface area contributed by atoms with Gasteiger partial charge in [-0.3, -0.25) is 0 Å². The fraction of sp³-hybridized carbons (Fsp3) is 0.364. The van der Waals surface area contributed by atoms with E-state index in [0.717, 1.165) is 19.1 Å². The standard InChI is InChI=1S/C11H14O/c1-10(9-12)7-8-11-5-3-2-4-6-11/h2-6,9-10H,7-8H2,1H3/t10-/m0/s1. The number of carbonyl (C=O) groups is 1. The zero-order valence-electron chi connectivity index (χ0n) is 7.36. The highest BCUT2D eigenvalue weighted by Crippen LogP contribution is 2.06. The topological polar surface area (TPSA) is 17.1 Å². The first-order chi connectivity index (χ1) is 5.83. The molecule has 1 rings (SSSR count). The van der Waals surface area contributed by atoms with Crippen LogP contribution in [0.1, 0.15) is 18.9 Å². The van der Waals surface area contributed by atoms with Gasteiger partial charge in [0.1, 0.15) is 6.29 Å². The maximum absolute atomic E-state index is 10.3. The highest BCUT2D eigenvalue weighted by Gasteiger charge is 1.99. The van der Waals surface area contributed by atoms with Gasteiger partial charge in [0, 0.05) is 5.92 Å². The molecule has 0 aromatic heterocycles. The van der Waals surface area contributed by atoms with Gasteiger partial charge in [0.2, 0.25) is 0 Å². The number of aryl methyl sites for hydroxylation is 1. The molecule has 0 N–H and O–H groups in total. The molecule has 0 bridgehead atoms. The minimum absolute atomic E-state index is 0.185. The van der Waals surface area contributed by atoms with Crippen LogP contribution in [0.25, 0.3) is 0 Å². The fourth-order valence-corrected chi connectivity index (χ4v) is 1.11. The molecule has 0 radical (unpaired) electrons. The van der Waals surface area contributed by atoms with E-state index in [2.05, 4.69) is 12.1 Å². The van der Waals surface area contributed by atoms with E-state index in [9.17, 15) is 4.79 Å². The van der Waals surface area contributed by atoms with Gasteiger partial charge >= 0.3 is 0 Å². The molecule has 0 saturated carbocycles. The van der Waals surface area contributed by atoms with E-state index < -0.39 is 0 Å². The van der Waals surface area contributed by atoms with Crippen LogP contribution >= 0.6 is 0 Å². The number of aldehydes is 1. The van der Waals surface area contributed by atoms with Crippen LogP contribution < -0.4 is 0 Å². The van der Waals surface area contributed by atoms with Crippen molar-refractivity contribution in [2.24, 2.45) is 5.92 Å². The molecule has 0 amide bonds. The average molecular weight is 162 g/mol. The van der Waals surface area contributed by atoms with E-state index in [0.29, 0.717) is 0 Å². The van der Waals surface area contributed by atoms with Crippen molar-refractivity contribution in [2.75, 3.05) is 0 Å². The predicted molar refractivity (Wildman–Crippen MR) is 50.0 cm³/mol. The third kappa shape index (κ3) is 2.87. The Morgan fingerprint density at radius 1 is 1.33 bits per heavy atom. The Morgan fingerprint density at radius 2 is 2.00 bits per heavy atom. The Balaban J connectivity index is 2.38. The number of carbonyl (C=O) groups excluding carboxylic acids is 1. The summed E-state index contributed by atoms with van der Waals surface area (Å²) in [7, 11) is 0.